The summed E-state index contributed by atoms with van der Waals surface area (Å²) in [5, 5.41) is 0.549. The molecule has 0 radical (unpaired) electrons. The van der Waals surface area contributed by atoms with Gasteiger partial charge in [0.15, 0.2) is 0 Å². The van der Waals surface area contributed by atoms with Crippen LogP contribution in [0.4, 0.5) is 5.69 Å². The van der Waals surface area contributed by atoms with E-state index in [4.69, 9.17) is 17.4 Å². The molecule has 0 fully saturated rings. The van der Waals surface area contributed by atoms with E-state index in [0.717, 1.165) is 5.56 Å². The predicted octanol–water partition coefficient (Wildman–Crippen LogP) is 1.50. The van der Waals surface area contributed by atoms with Gasteiger partial charge in [-0.05, 0) is 23.8 Å². The first-order valence-corrected chi connectivity index (χ1v) is 7.54. The average molecular weight is 313 g/mol. The Hall–Kier alpha value is -1.67. The summed E-state index contributed by atoms with van der Waals surface area (Å²) in [6.07, 6.45) is 2.68. The number of halogens is 1. The highest BCUT2D eigenvalue weighted by Crippen LogP contribution is 2.18. The van der Waals surface area contributed by atoms with Gasteiger partial charge in [0.05, 0.1) is 5.69 Å². The van der Waals surface area contributed by atoms with Crippen molar-refractivity contribution in [3.8, 4) is 0 Å². The monoisotopic (exact) mass is 312 g/mol. The third-order valence-corrected chi connectivity index (χ3v) is 4.25. The zero-order valence-electron chi connectivity index (χ0n) is 10.4. The van der Waals surface area contributed by atoms with Crippen molar-refractivity contribution in [1.29, 1.82) is 0 Å². The summed E-state index contributed by atoms with van der Waals surface area (Å²) >= 11 is 5.85. The van der Waals surface area contributed by atoms with Crippen molar-refractivity contribution in [2.75, 3.05) is 5.43 Å². The third-order valence-electron chi connectivity index (χ3n) is 2.58. The van der Waals surface area contributed by atoms with E-state index in [-0.39, 0.29) is 17.1 Å². The number of anilines is 1. The van der Waals surface area contributed by atoms with E-state index in [2.05, 4.69) is 15.1 Å². The quantitative estimate of drug-likeness (QED) is 0.574. The van der Waals surface area contributed by atoms with E-state index in [1.54, 1.807) is 24.3 Å². The number of hydrogen-bond acceptors (Lipinski definition) is 5. The van der Waals surface area contributed by atoms with Crippen LogP contribution in [-0.2, 0) is 16.6 Å². The molecule has 6 nitrogen and oxygen atoms in total. The van der Waals surface area contributed by atoms with Crippen molar-refractivity contribution in [3.63, 3.8) is 0 Å². The standard InChI is InChI=1S/C12H13ClN4O2S/c13-10-3-1-2-9(6-10)7-16-20(18,19)12-8-15-5-4-11(12)17-14/h1-6,8,16H,7,14H2,(H,15,17). The zero-order chi connectivity index (χ0) is 14.6. The van der Waals surface area contributed by atoms with Gasteiger partial charge in [-0.3, -0.25) is 10.8 Å². The normalized spacial score (nSPS) is 11.3. The Balaban J connectivity index is 2.19. The highest BCUT2D eigenvalue weighted by molar-refractivity contribution is 7.89. The molecule has 0 amide bonds. The van der Waals surface area contributed by atoms with Gasteiger partial charge in [-0.25, -0.2) is 13.1 Å². The molecule has 8 heteroatoms. The summed E-state index contributed by atoms with van der Waals surface area (Å²) in [7, 11) is -3.71. The number of sulfonamides is 1. The number of aromatic nitrogens is 1. The van der Waals surface area contributed by atoms with Crippen LogP contribution >= 0.6 is 11.6 Å². The summed E-state index contributed by atoms with van der Waals surface area (Å²) in [4.78, 5) is 3.78. The van der Waals surface area contributed by atoms with E-state index < -0.39 is 10.0 Å². The molecule has 0 aliphatic carbocycles. The highest BCUT2D eigenvalue weighted by Gasteiger charge is 2.18. The van der Waals surface area contributed by atoms with Gasteiger partial charge >= 0.3 is 0 Å². The predicted molar refractivity (Wildman–Crippen MR) is 77.5 cm³/mol. The van der Waals surface area contributed by atoms with Gasteiger partial charge in [0.1, 0.15) is 4.90 Å². The van der Waals surface area contributed by atoms with Crippen LogP contribution in [0.5, 0.6) is 0 Å². The van der Waals surface area contributed by atoms with Crippen LogP contribution in [0.15, 0.2) is 47.6 Å². The Labute approximate surface area is 122 Å². The average Bonchev–Trinajstić information content (AvgIpc) is 2.45. The minimum Gasteiger partial charge on any atom is -0.323 e. The second kappa shape index (κ2) is 6.19. The van der Waals surface area contributed by atoms with Crippen molar-refractivity contribution in [1.82, 2.24) is 9.71 Å². The van der Waals surface area contributed by atoms with Gasteiger partial charge in [0, 0.05) is 24.0 Å². The van der Waals surface area contributed by atoms with Crippen LogP contribution < -0.4 is 16.0 Å². The molecule has 1 heterocycles. The van der Waals surface area contributed by atoms with Crippen LogP contribution in [0.1, 0.15) is 5.56 Å². The van der Waals surface area contributed by atoms with Crippen molar-refractivity contribution in [2.45, 2.75) is 11.4 Å². The van der Waals surface area contributed by atoms with Crippen LogP contribution in [0.2, 0.25) is 5.02 Å². The maximum absolute atomic E-state index is 12.2. The van der Waals surface area contributed by atoms with Gasteiger partial charge < -0.3 is 5.43 Å². The molecule has 4 N–H and O–H groups in total. The Morgan fingerprint density at radius 2 is 2.10 bits per heavy atom. The molecule has 1 aromatic heterocycles. The number of nitrogens with zero attached hydrogens (tertiary/aromatic N) is 1. The van der Waals surface area contributed by atoms with Gasteiger partial charge in [-0.2, -0.15) is 0 Å². The Bertz CT molecular complexity index is 706. The summed E-state index contributed by atoms with van der Waals surface area (Å²) < 4.78 is 26.9. The Kier molecular flexibility index (Phi) is 4.56. The lowest BCUT2D eigenvalue weighted by molar-refractivity contribution is 0.581. The van der Waals surface area contributed by atoms with Gasteiger partial charge in [0.2, 0.25) is 10.0 Å². The number of pyridine rings is 1. The SMILES string of the molecule is NNc1ccncc1S(=O)(=O)NCc1cccc(Cl)c1. The fourth-order valence-electron chi connectivity index (χ4n) is 1.62. The molecule has 0 spiro atoms. The number of nitrogen functional groups attached to an aromatic ring is 1. The minimum absolute atomic E-state index is 0.00970. The topological polar surface area (TPSA) is 97.1 Å². The molecule has 0 atom stereocenters. The summed E-state index contributed by atoms with van der Waals surface area (Å²) in [5.41, 5.74) is 3.36. The molecule has 0 saturated carbocycles. The fraction of sp³-hybridized carbons (Fsp3) is 0.0833. The molecule has 0 saturated heterocycles. The number of hydrogen-bond donors (Lipinski definition) is 3. The number of rotatable bonds is 5. The van der Waals surface area contributed by atoms with Crippen molar-refractivity contribution in [3.05, 3.63) is 53.3 Å². The second-order valence-corrected chi connectivity index (χ2v) is 6.14. The first-order chi connectivity index (χ1) is 9.53. The van der Waals surface area contributed by atoms with Gasteiger partial charge in [0.25, 0.3) is 0 Å². The van der Waals surface area contributed by atoms with Gasteiger partial charge in [-0.15, -0.1) is 0 Å². The summed E-state index contributed by atoms with van der Waals surface area (Å²) in [6, 6.07) is 8.42. The minimum atomic E-state index is -3.71. The molecule has 2 rings (SSSR count). The van der Waals surface area contributed by atoms with E-state index in [0.29, 0.717) is 5.02 Å². The number of benzene rings is 1. The first-order valence-electron chi connectivity index (χ1n) is 5.67. The molecular formula is C12H13ClN4O2S. The second-order valence-electron chi connectivity index (χ2n) is 3.97. The molecule has 0 unspecified atom stereocenters. The number of hydrazine groups is 1. The molecule has 106 valence electrons. The summed E-state index contributed by atoms with van der Waals surface area (Å²) in [5.74, 6) is 5.29. The maximum atomic E-state index is 12.2. The Morgan fingerprint density at radius 3 is 2.80 bits per heavy atom. The smallest absolute Gasteiger partial charge is 0.244 e. The first kappa shape index (κ1) is 14.7. The van der Waals surface area contributed by atoms with Gasteiger partial charge in [-0.1, -0.05) is 23.7 Å². The molecule has 0 aliphatic heterocycles. The fourth-order valence-corrected chi connectivity index (χ4v) is 2.96. The summed E-state index contributed by atoms with van der Waals surface area (Å²) in [6.45, 7) is 0.127. The molecule has 0 aliphatic rings. The third kappa shape index (κ3) is 3.45. The van der Waals surface area contributed by atoms with Crippen LogP contribution in [0, 0.1) is 0 Å². The van der Waals surface area contributed by atoms with Crippen LogP contribution in [0.3, 0.4) is 0 Å². The van der Waals surface area contributed by atoms with Crippen molar-refractivity contribution >= 4 is 27.3 Å². The molecule has 1 aromatic carbocycles. The molecule has 20 heavy (non-hydrogen) atoms. The van der Waals surface area contributed by atoms with E-state index in [1.807, 2.05) is 0 Å². The Morgan fingerprint density at radius 1 is 1.30 bits per heavy atom. The van der Waals surface area contributed by atoms with E-state index in [9.17, 15) is 8.42 Å². The molecular weight excluding hydrogens is 300 g/mol. The lowest BCUT2D eigenvalue weighted by Gasteiger charge is -2.10. The van der Waals surface area contributed by atoms with Crippen molar-refractivity contribution in [2.24, 2.45) is 5.84 Å². The van der Waals surface area contributed by atoms with E-state index in [1.165, 1.54) is 18.5 Å². The molecule has 2 aromatic rings. The highest BCUT2D eigenvalue weighted by atomic mass is 35.5. The van der Waals surface area contributed by atoms with E-state index >= 15 is 0 Å². The van der Waals surface area contributed by atoms with Crippen LogP contribution in [-0.4, -0.2) is 13.4 Å². The molecule has 0 bridgehead atoms. The maximum Gasteiger partial charge on any atom is 0.244 e. The number of nitrogens with two attached hydrogens (primary N) is 1. The van der Waals surface area contributed by atoms with Crippen LogP contribution in [0.25, 0.3) is 0 Å². The lowest BCUT2D eigenvalue weighted by Crippen LogP contribution is -2.25. The lowest BCUT2D eigenvalue weighted by atomic mass is 10.2. The number of nitrogens with one attached hydrogen (secondary N) is 2. The van der Waals surface area contributed by atoms with Crippen molar-refractivity contribution < 1.29 is 8.42 Å². The largest absolute Gasteiger partial charge is 0.323 e. The zero-order valence-corrected chi connectivity index (χ0v) is 11.9.